The van der Waals surface area contributed by atoms with E-state index < -0.39 is 6.61 Å². The molecular weight excluding hydrogens is 386 g/mol. The third-order valence-electron chi connectivity index (χ3n) is 3.92. The van der Waals surface area contributed by atoms with Crippen LogP contribution < -0.4 is 24.8 Å². The highest BCUT2D eigenvalue weighted by Gasteiger charge is 2.13. The van der Waals surface area contributed by atoms with Gasteiger partial charge in [0, 0.05) is 19.5 Å². The molecule has 0 atom stereocenters. The first-order valence-corrected chi connectivity index (χ1v) is 8.74. The van der Waals surface area contributed by atoms with Gasteiger partial charge in [-0.3, -0.25) is 9.59 Å². The Kier molecular flexibility index (Phi) is 8.20. The minimum absolute atomic E-state index is 0.0740. The SMILES string of the molecule is COc1cc(CNC(=O)CCNC(=O)c2ccccc2OC)ccc1OC(F)F. The minimum atomic E-state index is -2.96. The standard InChI is InChI=1S/C20H22F2N2O5/c1-27-15-6-4-3-5-14(15)19(26)23-10-9-18(25)24-12-13-7-8-16(29-20(21)22)17(11-13)28-2/h3-8,11,20H,9-10,12H2,1-2H3,(H,23,26)(H,24,25). The second kappa shape index (κ2) is 10.8. The van der Waals surface area contributed by atoms with Crippen molar-refractivity contribution in [3.05, 3.63) is 53.6 Å². The minimum Gasteiger partial charge on any atom is -0.496 e. The zero-order valence-corrected chi connectivity index (χ0v) is 16.0. The summed E-state index contributed by atoms with van der Waals surface area (Å²) < 4.78 is 39.2. The first kappa shape index (κ1) is 21.9. The fourth-order valence-corrected chi connectivity index (χ4v) is 2.52. The summed E-state index contributed by atoms with van der Waals surface area (Å²) in [5, 5.41) is 5.35. The topological polar surface area (TPSA) is 85.9 Å². The maximum atomic E-state index is 12.3. The van der Waals surface area contributed by atoms with E-state index >= 15 is 0 Å². The molecule has 9 heteroatoms. The van der Waals surface area contributed by atoms with Crippen LogP contribution in [0, 0.1) is 0 Å². The molecule has 0 aliphatic carbocycles. The van der Waals surface area contributed by atoms with Crippen molar-refractivity contribution < 1.29 is 32.6 Å². The normalized spacial score (nSPS) is 10.4. The summed E-state index contributed by atoms with van der Waals surface area (Å²) in [6.45, 7) is -2.64. The molecule has 0 radical (unpaired) electrons. The molecule has 156 valence electrons. The van der Waals surface area contributed by atoms with Crippen LogP contribution in [0.3, 0.4) is 0 Å². The van der Waals surface area contributed by atoms with E-state index in [4.69, 9.17) is 9.47 Å². The molecule has 0 aliphatic rings. The molecular formula is C20H22F2N2O5. The van der Waals surface area contributed by atoms with Crippen LogP contribution >= 0.6 is 0 Å². The van der Waals surface area contributed by atoms with Crippen molar-refractivity contribution in [1.29, 1.82) is 0 Å². The van der Waals surface area contributed by atoms with Crippen LogP contribution in [0.1, 0.15) is 22.3 Å². The van der Waals surface area contributed by atoms with Crippen LogP contribution in [-0.4, -0.2) is 39.2 Å². The third kappa shape index (κ3) is 6.63. The molecule has 2 amide bonds. The largest absolute Gasteiger partial charge is 0.496 e. The number of hydrogen-bond acceptors (Lipinski definition) is 5. The van der Waals surface area contributed by atoms with Crippen molar-refractivity contribution in [2.45, 2.75) is 19.6 Å². The van der Waals surface area contributed by atoms with Gasteiger partial charge in [-0.1, -0.05) is 18.2 Å². The number of carbonyl (C=O) groups is 2. The summed E-state index contributed by atoms with van der Waals surface area (Å²) in [5.74, 6) is -0.118. The van der Waals surface area contributed by atoms with E-state index in [1.165, 1.54) is 26.4 Å². The Morgan fingerprint density at radius 2 is 1.69 bits per heavy atom. The van der Waals surface area contributed by atoms with Crippen molar-refractivity contribution >= 4 is 11.8 Å². The monoisotopic (exact) mass is 408 g/mol. The van der Waals surface area contributed by atoms with Crippen molar-refractivity contribution in [3.63, 3.8) is 0 Å². The van der Waals surface area contributed by atoms with Crippen molar-refractivity contribution in [3.8, 4) is 17.2 Å². The highest BCUT2D eigenvalue weighted by Crippen LogP contribution is 2.29. The van der Waals surface area contributed by atoms with Gasteiger partial charge in [0.15, 0.2) is 11.5 Å². The van der Waals surface area contributed by atoms with Gasteiger partial charge in [-0.05, 0) is 29.8 Å². The van der Waals surface area contributed by atoms with Gasteiger partial charge in [-0.25, -0.2) is 0 Å². The summed E-state index contributed by atoms with van der Waals surface area (Å²) in [6.07, 6.45) is 0.0740. The number of methoxy groups -OCH3 is 2. The highest BCUT2D eigenvalue weighted by atomic mass is 19.3. The Morgan fingerprint density at radius 3 is 2.38 bits per heavy atom. The number of para-hydroxylation sites is 1. The van der Waals surface area contributed by atoms with E-state index in [2.05, 4.69) is 15.4 Å². The third-order valence-corrected chi connectivity index (χ3v) is 3.92. The second-order valence-electron chi connectivity index (χ2n) is 5.85. The Morgan fingerprint density at radius 1 is 0.966 bits per heavy atom. The number of carbonyl (C=O) groups excluding carboxylic acids is 2. The molecule has 2 aromatic carbocycles. The van der Waals surface area contributed by atoms with Crippen LogP contribution in [-0.2, 0) is 11.3 Å². The van der Waals surface area contributed by atoms with Crippen LogP contribution in [0.15, 0.2) is 42.5 Å². The van der Waals surface area contributed by atoms with Gasteiger partial charge >= 0.3 is 6.61 Å². The maximum Gasteiger partial charge on any atom is 0.387 e. The van der Waals surface area contributed by atoms with E-state index in [1.807, 2.05) is 0 Å². The van der Waals surface area contributed by atoms with E-state index in [9.17, 15) is 18.4 Å². The highest BCUT2D eigenvalue weighted by molar-refractivity contribution is 5.97. The molecule has 2 aromatic rings. The Hall–Kier alpha value is -3.36. The molecule has 0 aromatic heterocycles. The quantitative estimate of drug-likeness (QED) is 0.632. The van der Waals surface area contributed by atoms with Crippen molar-refractivity contribution in [2.24, 2.45) is 0 Å². The number of ether oxygens (including phenoxy) is 3. The molecule has 29 heavy (non-hydrogen) atoms. The first-order valence-electron chi connectivity index (χ1n) is 8.74. The lowest BCUT2D eigenvalue weighted by atomic mass is 10.2. The number of halogens is 2. The molecule has 0 fully saturated rings. The Bertz CT molecular complexity index is 845. The smallest absolute Gasteiger partial charge is 0.387 e. The Labute approximate surface area is 167 Å². The number of benzene rings is 2. The molecule has 0 bridgehead atoms. The number of nitrogens with one attached hydrogen (secondary N) is 2. The van der Waals surface area contributed by atoms with E-state index in [1.54, 1.807) is 30.3 Å². The molecule has 0 saturated carbocycles. The predicted molar refractivity (Wildman–Crippen MR) is 101 cm³/mol. The maximum absolute atomic E-state index is 12.3. The fraction of sp³-hybridized carbons (Fsp3) is 0.300. The number of amides is 2. The zero-order valence-electron chi connectivity index (χ0n) is 16.0. The average molecular weight is 408 g/mol. The van der Waals surface area contributed by atoms with Crippen LogP contribution in [0.25, 0.3) is 0 Å². The first-order chi connectivity index (χ1) is 13.9. The van der Waals surface area contributed by atoms with Gasteiger partial charge in [-0.15, -0.1) is 0 Å². The second-order valence-corrected chi connectivity index (χ2v) is 5.85. The van der Waals surface area contributed by atoms with Crippen LogP contribution in [0.2, 0.25) is 0 Å². The van der Waals surface area contributed by atoms with Gasteiger partial charge in [0.2, 0.25) is 5.91 Å². The molecule has 0 heterocycles. The van der Waals surface area contributed by atoms with Crippen LogP contribution in [0.5, 0.6) is 17.2 Å². The van der Waals surface area contributed by atoms with Gasteiger partial charge < -0.3 is 24.8 Å². The van der Waals surface area contributed by atoms with E-state index in [0.29, 0.717) is 16.9 Å². The van der Waals surface area contributed by atoms with Crippen LogP contribution in [0.4, 0.5) is 8.78 Å². The molecule has 2 rings (SSSR count). The molecule has 2 N–H and O–H groups in total. The van der Waals surface area contributed by atoms with Gasteiger partial charge in [-0.2, -0.15) is 8.78 Å². The van der Waals surface area contributed by atoms with Crippen molar-refractivity contribution in [1.82, 2.24) is 10.6 Å². The lowest BCUT2D eigenvalue weighted by molar-refractivity contribution is -0.121. The number of rotatable bonds is 10. The van der Waals surface area contributed by atoms with Gasteiger partial charge in [0.05, 0.1) is 19.8 Å². The number of hydrogen-bond donors (Lipinski definition) is 2. The van der Waals surface area contributed by atoms with Crippen molar-refractivity contribution in [2.75, 3.05) is 20.8 Å². The molecule has 0 spiro atoms. The summed E-state index contributed by atoms with van der Waals surface area (Å²) in [7, 11) is 2.81. The van der Waals surface area contributed by atoms with E-state index in [0.717, 1.165) is 0 Å². The predicted octanol–water partition coefficient (Wildman–Crippen LogP) is 2.74. The lowest BCUT2D eigenvalue weighted by Gasteiger charge is -2.12. The summed E-state index contributed by atoms with van der Waals surface area (Å²) in [6, 6.07) is 11.2. The summed E-state index contributed by atoms with van der Waals surface area (Å²) >= 11 is 0. The molecule has 0 aliphatic heterocycles. The zero-order chi connectivity index (χ0) is 21.2. The number of alkyl halides is 2. The van der Waals surface area contributed by atoms with E-state index in [-0.39, 0.29) is 42.8 Å². The van der Waals surface area contributed by atoms with Gasteiger partial charge in [0.25, 0.3) is 5.91 Å². The fourth-order valence-electron chi connectivity index (χ4n) is 2.52. The molecule has 0 saturated heterocycles. The van der Waals surface area contributed by atoms with Gasteiger partial charge in [0.1, 0.15) is 5.75 Å². The molecule has 0 unspecified atom stereocenters. The molecule has 7 nitrogen and oxygen atoms in total. The summed E-state index contributed by atoms with van der Waals surface area (Å²) in [5.41, 5.74) is 1.03. The summed E-state index contributed by atoms with van der Waals surface area (Å²) in [4.78, 5) is 24.1. The average Bonchev–Trinajstić information content (AvgIpc) is 2.72. The Balaban J connectivity index is 1.80. The lowest BCUT2D eigenvalue weighted by Crippen LogP contribution is -2.30.